The molecule has 1 aliphatic heterocycles. The third-order valence-electron chi connectivity index (χ3n) is 3.06. The Hall–Kier alpha value is -1.85. The van der Waals surface area contributed by atoms with Gasteiger partial charge in [0, 0.05) is 13.1 Å². The van der Waals surface area contributed by atoms with E-state index in [9.17, 15) is 4.79 Å². The van der Waals surface area contributed by atoms with Crippen LogP contribution >= 0.6 is 0 Å². The molecule has 0 aromatic heterocycles. The van der Waals surface area contributed by atoms with E-state index in [1.807, 2.05) is 36.4 Å². The zero-order chi connectivity index (χ0) is 13.6. The van der Waals surface area contributed by atoms with E-state index in [1.165, 1.54) is 0 Å². The second-order valence-corrected chi connectivity index (χ2v) is 4.48. The minimum absolute atomic E-state index is 0.200. The highest BCUT2D eigenvalue weighted by atomic mass is 16.5. The maximum absolute atomic E-state index is 11.8. The van der Waals surface area contributed by atoms with Crippen LogP contribution in [0, 0.1) is 0 Å². The van der Waals surface area contributed by atoms with Crippen molar-refractivity contribution in [2.24, 2.45) is 5.73 Å². The first kappa shape index (κ1) is 13.6. The second kappa shape index (κ2) is 6.36. The Bertz CT molecular complexity index is 441. The van der Waals surface area contributed by atoms with Crippen LogP contribution in [0.3, 0.4) is 0 Å². The van der Waals surface area contributed by atoms with Crippen molar-refractivity contribution in [1.82, 2.24) is 10.6 Å². The molecule has 0 bridgehead atoms. The van der Waals surface area contributed by atoms with Crippen LogP contribution in [0.2, 0.25) is 0 Å². The molecule has 1 aromatic carbocycles. The molecule has 1 heterocycles. The number of rotatable bonds is 5. The molecule has 0 unspecified atom stereocenters. The first-order chi connectivity index (χ1) is 9.27. The van der Waals surface area contributed by atoms with Gasteiger partial charge in [-0.1, -0.05) is 42.5 Å². The smallest absolute Gasteiger partial charge is 0.315 e. The molecule has 19 heavy (non-hydrogen) atoms. The minimum atomic E-state index is -0.400. The largest absolute Gasteiger partial charge is 0.376 e. The first-order valence-corrected chi connectivity index (χ1v) is 6.31. The average molecular weight is 261 g/mol. The molecule has 1 aromatic rings. The van der Waals surface area contributed by atoms with Gasteiger partial charge in [0.2, 0.25) is 0 Å². The van der Waals surface area contributed by atoms with Crippen LogP contribution in [-0.2, 0) is 10.3 Å². The average Bonchev–Trinajstić information content (AvgIpc) is 2.40. The van der Waals surface area contributed by atoms with Crippen molar-refractivity contribution in [2.45, 2.75) is 5.54 Å². The summed E-state index contributed by atoms with van der Waals surface area (Å²) >= 11 is 0. The zero-order valence-corrected chi connectivity index (χ0v) is 10.8. The minimum Gasteiger partial charge on any atom is -0.376 e. The van der Waals surface area contributed by atoms with E-state index in [1.54, 1.807) is 6.08 Å². The number of urea groups is 1. The van der Waals surface area contributed by atoms with Gasteiger partial charge in [0.15, 0.2) is 0 Å². The maximum Gasteiger partial charge on any atom is 0.315 e. The zero-order valence-electron chi connectivity index (χ0n) is 10.8. The van der Waals surface area contributed by atoms with Crippen LogP contribution in [0.5, 0.6) is 0 Å². The molecule has 4 N–H and O–H groups in total. The van der Waals surface area contributed by atoms with E-state index in [-0.39, 0.29) is 6.03 Å². The molecule has 1 fully saturated rings. The number of nitrogens with one attached hydrogen (secondary N) is 2. The predicted octanol–water partition coefficient (Wildman–Crippen LogP) is 0.726. The van der Waals surface area contributed by atoms with Crippen molar-refractivity contribution in [1.29, 1.82) is 0 Å². The Morgan fingerprint density at radius 2 is 2.05 bits per heavy atom. The quantitative estimate of drug-likeness (QED) is 0.684. The highest BCUT2D eigenvalue weighted by molar-refractivity contribution is 5.75. The van der Waals surface area contributed by atoms with Gasteiger partial charge in [0.05, 0.1) is 13.2 Å². The topological polar surface area (TPSA) is 76.4 Å². The summed E-state index contributed by atoms with van der Waals surface area (Å²) in [5, 5.41) is 5.75. The number of amides is 2. The molecule has 0 radical (unpaired) electrons. The predicted molar refractivity (Wildman–Crippen MR) is 73.7 cm³/mol. The summed E-state index contributed by atoms with van der Waals surface area (Å²) < 4.78 is 5.26. The van der Waals surface area contributed by atoms with E-state index in [0.717, 1.165) is 5.56 Å². The summed E-state index contributed by atoms with van der Waals surface area (Å²) in [6, 6.07) is 9.66. The van der Waals surface area contributed by atoms with Crippen LogP contribution in [0.25, 0.3) is 0 Å². The number of carbonyl (C=O) groups excluding carboxylic acids is 1. The Balaban J connectivity index is 1.92. The second-order valence-electron chi connectivity index (χ2n) is 4.48. The summed E-state index contributed by atoms with van der Waals surface area (Å²) in [7, 11) is 0. The fourth-order valence-electron chi connectivity index (χ4n) is 1.97. The molecular weight excluding hydrogens is 242 g/mol. The standard InChI is InChI=1S/C14H19N3O2/c15-8-4-5-9-16-13(18)17-14(10-19-11-14)12-6-2-1-3-7-12/h1-7H,8-11,15H2,(H2,16,17,18). The molecule has 2 rings (SSSR count). The lowest BCUT2D eigenvalue weighted by molar-refractivity contribution is -0.0716. The molecule has 1 saturated heterocycles. The summed E-state index contributed by atoms with van der Waals surface area (Å²) in [6.07, 6.45) is 3.63. The summed E-state index contributed by atoms with van der Waals surface area (Å²) in [5.74, 6) is 0. The highest BCUT2D eigenvalue weighted by Crippen LogP contribution is 2.29. The van der Waals surface area contributed by atoms with Crippen LogP contribution in [0.1, 0.15) is 5.56 Å². The third kappa shape index (κ3) is 3.33. The highest BCUT2D eigenvalue weighted by Gasteiger charge is 2.41. The number of carbonyl (C=O) groups is 1. The maximum atomic E-state index is 11.8. The molecule has 102 valence electrons. The third-order valence-corrected chi connectivity index (χ3v) is 3.06. The van der Waals surface area contributed by atoms with Crippen LogP contribution in [-0.4, -0.2) is 32.3 Å². The van der Waals surface area contributed by atoms with Gasteiger partial charge in [-0.3, -0.25) is 0 Å². The number of ether oxygens (including phenoxy) is 1. The summed E-state index contributed by atoms with van der Waals surface area (Å²) in [4.78, 5) is 11.8. The number of hydrogen-bond donors (Lipinski definition) is 3. The van der Waals surface area contributed by atoms with E-state index >= 15 is 0 Å². The van der Waals surface area contributed by atoms with Crippen LogP contribution in [0.15, 0.2) is 42.5 Å². The van der Waals surface area contributed by atoms with Crippen LogP contribution in [0.4, 0.5) is 4.79 Å². The molecule has 5 heteroatoms. The lowest BCUT2D eigenvalue weighted by Gasteiger charge is -2.42. The number of benzene rings is 1. The molecule has 0 atom stereocenters. The van der Waals surface area contributed by atoms with Crippen molar-refractivity contribution < 1.29 is 9.53 Å². The SMILES string of the molecule is NCC=CCNC(=O)NC1(c2ccccc2)COC1. The van der Waals surface area contributed by atoms with Crippen LogP contribution < -0.4 is 16.4 Å². The van der Waals surface area contributed by atoms with E-state index < -0.39 is 5.54 Å². The van der Waals surface area contributed by atoms with Gasteiger partial charge >= 0.3 is 6.03 Å². The Kier molecular flexibility index (Phi) is 4.54. The van der Waals surface area contributed by atoms with E-state index in [0.29, 0.717) is 26.3 Å². The first-order valence-electron chi connectivity index (χ1n) is 6.31. The van der Waals surface area contributed by atoms with Gasteiger partial charge < -0.3 is 21.1 Å². The summed E-state index contributed by atoms with van der Waals surface area (Å²) in [5.41, 5.74) is 5.99. The molecule has 1 aliphatic rings. The Labute approximate surface area is 112 Å². The van der Waals surface area contributed by atoms with Gasteiger partial charge in [-0.05, 0) is 5.56 Å². The van der Waals surface area contributed by atoms with Gasteiger partial charge in [-0.15, -0.1) is 0 Å². The monoisotopic (exact) mass is 261 g/mol. The van der Waals surface area contributed by atoms with Crippen molar-refractivity contribution in [3.05, 3.63) is 48.0 Å². The molecule has 0 aliphatic carbocycles. The molecule has 5 nitrogen and oxygen atoms in total. The van der Waals surface area contributed by atoms with Crippen molar-refractivity contribution in [3.8, 4) is 0 Å². The van der Waals surface area contributed by atoms with Crippen molar-refractivity contribution in [3.63, 3.8) is 0 Å². The van der Waals surface area contributed by atoms with E-state index in [4.69, 9.17) is 10.5 Å². The molecule has 0 spiro atoms. The summed E-state index contributed by atoms with van der Waals surface area (Å²) in [6.45, 7) is 1.95. The number of nitrogens with two attached hydrogens (primary N) is 1. The van der Waals surface area contributed by atoms with Gasteiger partial charge in [-0.2, -0.15) is 0 Å². The Morgan fingerprint density at radius 3 is 2.63 bits per heavy atom. The number of hydrogen-bond acceptors (Lipinski definition) is 3. The molecule has 2 amide bonds. The van der Waals surface area contributed by atoms with Gasteiger partial charge in [-0.25, -0.2) is 4.79 Å². The molecular formula is C14H19N3O2. The fourth-order valence-corrected chi connectivity index (χ4v) is 1.97. The van der Waals surface area contributed by atoms with Crippen molar-refractivity contribution in [2.75, 3.05) is 26.3 Å². The lowest BCUT2D eigenvalue weighted by Crippen LogP contribution is -2.61. The molecule has 0 saturated carbocycles. The lowest BCUT2D eigenvalue weighted by atomic mass is 9.88. The van der Waals surface area contributed by atoms with Crippen molar-refractivity contribution >= 4 is 6.03 Å². The normalized spacial score (nSPS) is 16.9. The van der Waals surface area contributed by atoms with Gasteiger partial charge in [0.25, 0.3) is 0 Å². The van der Waals surface area contributed by atoms with E-state index in [2.05, 4.69) is 10.6 Å². The van der Waals surface area contributed by atoms with Gasteiger partial charge in [0.1, 0.15) is 5.54 Å². The Morgan fingerprint density at radius 1 is 1.32 bits per heavy atom. The fraction of sp³-hybridized carbons (Fsp3) is 0.357.